The van der Waals surface area contributed by atoms with Crippen molar-refractivity contribution in [2.75, 3.05) is 18.0 Å². The van der Waals surface area contributed by atoms with Crippen LogP contribution >= 0.6 is 0 Å². The van der Waals surface area contributed by atoms with Crippen molar-refractivity contribution in [3.63, 3.8) is 0 Å². The number of nitrogens with one attached hydrogen (secondary N) is 1. The predicted octanol–water partition coefficient (Wildman–Crippen LogP) is 4.18. The van der Waals surface area contributed by atoms with Crippen molar-refractivity contribution in [1.29, 1.82) is 0 Å². The molecule has 4 heterocycles. The first-order chi connectivity index (χ1) is 16.9. The Morgan fingerprint density at radius 2 is 1.80 bits per heavy atom. The van der Waals surface area contributed by atoms with Crippen molar-refractivity contribution < 1.29 is 9.59 Å². The lowest BCUT2D eigenvalue weighted by atomic mass is 9.92. The molecule has 182 valence electrons. The van der Waals surface area contributed by atoms with Gasteiger partial charge in [-0.2, -0.15) is 0 Å². The summed E-state index contributed by atoms with van der Waals surface area (Å²) in [6.45, 7) is 5.80. The molecule has 3 aliphatic rings. The van der Waals surface area contributed by atoms with Crippen molar-refractivity contribution in [1.82, 2.24) is 15.2 Å². The number of rotatable bonds is 5. The second-order valence-electron chi connectivity index (χ2n) is 10.5. The first kappa shape index (κ1) is 23.6. The lowest BCUT2D eigenvalue weighted by molar-refractivity contribution is 0.0939. The SMILES string of the molecule is BC(=O)N1CC=C(c2ccc(C(C)NC(=O)c3ccc(N4C5CCC4CC(C)C5)nc3)cc2)CC1. The van der Waals surface area contributed by atoms with Crippen molar-refractivity contribution in [2.45, 2.75) is 64.1 Å². The summed E-state index contributed by atoms with van der Waals surface area (Å²) in [5.74, 6) is 1.82. The lowest BCUT2D eigenvalue weighted by Gasteiger charge is -2.38. The molecule has 0 spiro atoms. The van der Waals surface area contributed by atoms with E-state index in [1.54, 1.807) is 14.0 Å². The number of hydrogen-bond acceptors (Lipinski definition) is 4. The summed E-state index contributed by atoms with van der Waals surface area (Å²) in [5.41, 5.74) is 4.11. The molecule has 7 heteroatoms. The van der Waals surface area contributed by atoms with Crippen molar-refractivity contribution >= 4 is 31.0 Å². The Morgan fingerprint density at radius 3 is 2.37 bits per heavy atom. The number of amides is 2. The number of carbonyl (C=O) groups is 2. The van der Waals surface area contributed by atoms with Crippen LogP contribution in [-0.2, 0) is 0 Å². The zero-order valence-corrected chi connectivity index (χ0v) is 21.0. The van der Waals surface area contributed by atoms with E-state index in [1.165, 1.54) is 36.8 Å². The molecular formula is C28H35BN4O2. The highest BCUT2D eigenvalue weighted by Gasteiger charge is 2.39. The normalized spacial score (nSPS) is 24.6. The van der Waals surface area contributed by atoms with Crippen molar-refractivity contribution in [2.24, 2.45) is 5.92 Å². The highest BCUT2D eigenvalue weighted by Crippen LogP contribution is 2.40. The van der Waals surface area contributed by atoms with Gasteiger partial charge in [0.05, 0.1) is 11.6 Å². The van der Waals surface area contributed by atoms with E-state index < -0.39 is 0 Å². The fourth-order valence-electron chi connectivity index (χ4n) is 6.06. The second-order valence-corrected chi connectivity index (χ2v) is 10.5. The predicted molar refractivity (Wildman–Crippen MR) is 142 cm³/mol. The highest BCUT2D eigenvalue weighted by molar-refractivity contribution is 6.56. The van der Waals surface area contributed by atoms with Crippen LogP contribution in [0.15, 0.2) is 48.7 Å². The van der Waals surface area contributed by atoms with E-state index in [0.29, 0.717) is 24.2 Å². The molecule has 3 aliphatic heterocycles. The number of carbonyl (C=O) groups excluding carboxylic acids is 2. The van der Waals surface area contributed by atoms with Gasteiger partial charge in [-0.25, -0.2) is 4.98 Å². The molecule has 2 aromatic rings. The molecule has 6 nitrogen and oxygen atoms in total. The number of benzene rings is 1. The van der Waals surface area contributed by atoms with Crippen LogP contribution in [0.4, 0.5) is 10.6 Å². The van der Waals surface area contributed by atoms with Crippen LogP contribution in [0.25, 0.3) is 5.57 Å². The fraction of sp³-hybridized carbons (Fsp3) is 0.464. The van der Waals surface area contributed by atoms with Gasteiger partial charge in [-0.05, 0) is 73.8 Å². The molecule has 0 aliphatic carbocycles. The maximum Gasteiger partial charge on any atom is 0.253 e. The molecule has 2 bridgehead atoms. The topological polar surface area (TPSA) is 65.5 Å². The summed E-state index contributed by atoms with van der Waals surface area (Å²) < 4.78 is 0. The van der Waals surface area contributed by atoms with Crippen LogP contribution in [-0.4, -0.2) is 54.6 Å². The Kier molecular flexibility index (Phi) is 6.68. The Hall–Kier alpha value is -3.09. The van der Waals surface area contributed by atoms with Crippen LogP contribution < -0.4 is 10.2 Å². The quantitative estimate of drug-likeness (QED) is 0.666. The van der Waals surface area contributed by atoms with Gasteiger partial charge >= 0.3 is 0 Å². The second kappa shape index (κ2) is 9.88. The summed E-state index contributed by atoms with van der Waals surface area (Å²) >= 11 is 0. The van der Waals surface area contributed by atoms with E-state index in [2.05, 4.69) is 52.5 Å². The van der Waals surface area contributed by atoms with E-state index in [4.69, 9.17) is 0 Å². The van der Waals surface area contributed by atoms with Crippen molar-refractivity contribution in [3.05, 3.63) is 65.4 Å². The molecule has 2 saturated heterocycles. The zero-order valence-electron chi connectivity index (χ0n) is 21.0. The first-order valence-electron chi connectivity index (χ1n) is 13.0. The Morgan fingerprint density at radius 1 is 1.09 bits per heavy atom. The molecule has 2 fully saturated rings. The molecule has 1 N–H and O–H groups in total. The fourth-order valence-corrected chi connectivity index (χ4v) is 6.06. The summed E-state index contributed by atoms with van der Waals surface area (Å²) in [7, 11) is 1.62. The largest absolute Gasteiger partial charge is 0.351 e. The molecular weight excluding hydrogens is 435 g/mol. The van der Waals surface area contributed by atoms with Gasteiger partial charge in [-0.1, -0.05) is 37.3 Å². The molecule has 3 unspecified atom stereocenters. The van der Waals surface area contributed by atoms with Gasteiger partial charge < -0.3 is 15.1 Å². The average Bonchev–Trinajstić information content (AvgIpc) is 3.14. The van der Waals surface area contributed by atoms with Gasteiger partial charge in [0.15, 0.2) is 5.81 Å². The van der Waals surface area contributed by atoms with E-state index in [0.717, 1.165) is 30.3 Å². The van der Waals surface area contributed by atoms with E-state index in [9.17, 15) is 9.59 Å². The minimum Gasteiger partial charge on any atom is -0.351 e. The van der Waals surface area contributed by atoms with E-state index >= 15 is 0 Å². The molecule has 2 amide bonds. The highest BCUT2D eigenvalue weighted by atomic mass is 16.2. The maximum absolute atomic E-state index is 12.9. The zero-order chi connectivity index (χ0) is 24.5. The third-order valence-corrected chi connectivity index (χ3v) is 8.03. The summed E-state index contributed by atoms with van der Waals surface area (Å²) in [6, 6.07) is 13.4. The minimum absolute atomic E-state index is 0.102. The van der Waals surface area contributed by atoms with Gasteiger partial charge in [0.1, 0.15) is 5.82 Å². The molecule has 3 atom stereocenters. The third kappa shape index (κ3) is 5.00. The van der Waals surface area contributed by atoms with Crippen LogP contribution in [0.2, 0.25) is 0 Å². The first-order valence-corrected chi connectivity index (χ1v) is 13.0. The maximum atomic E-state index is 12.9. The minimum atomic E-state index is -0.107. The van der Waals surface area contributed by atoms with Gasteiger partial charge in [-0.3, -0.25) is 9.59 Å². The summed E-state index contributed by atoms with van der Waals surface area (Å²) in [6.07, 6.45) is 9.71. The number of nitrogens with zero attached hydrogens (tertiary/aromatic N) is 3. The molecule has 0 saturated carbocycles. The molecule has 5 rings (SSSR count). The van der Waals surface area contributed by atoms with Crippen molar-refractivity contribution in [3.8, 4) is 0 Å². The Balaban J connectivity index is 1.19. The van der Waals surface area contributed by atoms with Gasteiger partial charge in [0.2, 0.25) is 7.85 Å². The van der Waals surface area contributed by atoms with Crippen LogP contribution in [0.1, 0.15) is 73.5 Å². The van der Waals surface area contributed by atoms with E-state index in [1.807, 2.05) is 24.0 Å². The number of aromatic nitrogens is 1. The molecule has 1 aromatic heterocycles. The summed E-state index contributed by atoms with van der Waals surface area (Å²) in [5, 5.41) is 3.11. The van der Waals surface area contributed by atoms with Gasteiger partial charge in [0.25, 0.3) is 5.91 Å². The average molecular weight is 470 g/mol. The van der Waals surface area contributed by atoms with Gasteiger partial charge in [0, 0.05) is 31.4 Å². The standard InChI is InChI=1S/C28H35BN4O2/c1-18-15-24-8-9-25(16-18)33(24)26-10-7-23(17-30-26)27(34)31-19(2)20-3-5-21(6-4-20)22-11-13-32(14-12-22)28(29)35/h3-7,10-11,17-19,24-25H,8-9,12-16,29H2,1-2H3,(H,31,34). The smallest absolute Gasteiger partial charge is 0.253 e. The molecule has 1 aromatic carbocycles. The monoisotopic (exact) mass is 470 g/mol. The summed E-state index contributed by atoms with van der Waals surface area (Å²) in [4.78, 5) is 33.5. The third-order valence-electron chi connectivity index (χ3n) is 8.03. The van der Waals surface area contributed by atoms with Crippen LogP contribution in [0.3, 0.4) is 0 Å². The van der Waals surface area contributed by atoms with E-state index in [-0.39, 0.29) is 17.8 Å². The van der Waals surface area contributed by atoms with Crippen LogP contribution in [0, 0.1) is 5.92 Å². The number of hydrogen-bond donors (Lipinski definition) is 1. The molecule has 35 heavy (non-hydrogen) atoms. The number of pyridine rings is 1. The number of fused-ring (bicyclic) bond motifs is 2. The number of piperidine rings is 1. The number of anilines is 1. The van der Waals surface area contributed by atoms with Crippen LogP contribution in [0.5, 0.6) is 0 Å². The Labute approximate surface area is 209 Å². The lowest BCUT2D eigenvalue weighted by Crippen LogP contribution is -2.42. The van der Waals surface area contributed by atoms with Gasteiger partial charge in [-0.15, -0.1) is 0 Å². The Bertz CT molecular complexity index is 1100. The molecule has 0 radical (unpaired) electrons.